The van der Waals surface area contributed by atoms with E-state index < -0.39 is 5.97 Å². The molecule has 0 aliphatic heterocycles. The van der Waals surface area contributed by atoms with E-state index in [1.807, 2.05) is 6.07 Å². The maximum absolute atomic E-state index is 11.8. The molecule has 5 nitrogen and oxygen atoms in total. The second kappa shape index (κ2) is 8.79. The number of hydrogen-bond donors (Lipinski definition) is 3. The molecule has 0 aliphatic rings. The van der Waals surface area contributed by atoms with Gasteiger partial charge in [0.2, 0.25) is 0 Å². The van der Waals surface area contributed by atoms with Crippen molar-refractivity contribution in [3.8, 4) is 0 Å². The number of aliphatic carboxylic acids is 1. The molecular weight excluding hydrogens is 312 g/mol. The third-order valence-corrected chi connectivity index (χ3v) is 3.72. The standard InChI is InChI=1S/C14H19ClN2O3S/c1-9(2)21-12-6-5-10(15)8-11(12)17-14(20)16-7-3-4-13(18)19/h5-6,8-9H,3-4,7H2,1-2H3,(H,18,19)(H2,16,17,20). The lowest BCUT2D eigenvalue weighted by Crippen LogP contribution is -2.30. The molecule has 0 atom stereocenters. The zero-order chi connectivity index (χ0) is 15.8. The van der Waals surface area contributed by atoms with Gasteiger partial charge in [0.1, 0.15) is 0 Å². The number of thioether (sulfide) groups is 1. The van der Waals surface area contributed by atoms with Crippen molar-refractivity contribution >= 4 is 41.1 Å². The highest BCUT2D eigenvalue weighted by Gasteiger charge is 2.09. The minimum absolute atomic E-state index is 0.0336. The molecule has 0 spiro atoms. The Labute approximate surface area is 133 Å². The summed E-state index contributed by atoms with van der Waals surface area (Å²) in [4.78, 5) is 23.1. The Morgan fingerprint density at radius 1 is 1.38 bits per heavy atom. The van der Waals surface area contributed by atoms with Crippen LogP contribution in [-0.2, 0) is 4.79 Å². The maximum atomic E-state index is 11.8. The van der Waals surface area contributed by atoms with E-state index in [0.717, 1.165) is 4.90 Å². The molecule has 3 N–H and O–H groups in total. The van der Waals surface area contributed by atoms with Gasteiger partial charge in [-0.2, -0.15) is 0 Å². The van der Waals surface area contributed by atoms with Crippen molar-refractivity contribution in [2.75, 3.05) is 11.9 Å². The monoisotopic (exact) mass is 330 g/mol. The second-order valence-corrected chi connectivity index (χ2v) is 6.74. The van der Waals surface area contributed by atoms with Crippen molar-refractivity contribution in [3.05, 3.63) is 23.2 Å². The van der Waals surface area contributed by atoms with Crippen molar-refractivity contribution < 1.29 is 14.7 Å². The quantitative estimate of drug-likeness (QED) is 0.524. The van der Waals surface area contributed by atoms with Gasteiger partial charge in [0.15, 0.2) is 0 Å². The van der Waals surface area contributed by atoms with Gasteiger partial charge in [0.25, 0.3) is 0 Å². The highest BCUT2D eigenvalue weighted by molar-refractivity contribution is 8.00. The second-order valence-electron chi connectivity index (χ2n) is 4.69. The fraction of sp³-hybridized carbons (Fsp3) is 0.429. The Morgan fingerprint density at radius 2 is 2.10 bits per heavy atom. The van der Waals surface area contributed by atoms with Gasteiger partial charge in [0, 0.05) is 28.1 Å². The minimum atomic E-state index is -0.873. The number of rotatable bonds is 7. The highest BCUT2D eigenvalue weighted by Crippen LogP contribution is 2.32. The minimum Gasteiger partial charge on any atom is -0.481 e. The van der Waals surface area contributed by atoms with E-state index in [4.69, 9.17) is 16.7 Å². The number of carboxylic acids is 1. The van der Waals surface area contributed by atoms with Gasteiger partial charge in [-0.1, -0.05) is 25.4 Å². The molecule has 1 aromatic carbocycles. The fourth-order valence-electron chi connectivity index (χ4n) is 1.56. The van der Waals surface area contributed by atoms with Crippen LogP contribution in [0.15, 0.2) is 23.1 Å². The van der Waals surface area contributed by atoms with Crippen molar-refractivity contribution in [1.29, 1.82) is 0 Å². The summed E-state index contributed by atoms with van der Waals surface area (Å²) in [6.45, 7) is 4.44. The summed E-state index contributed by atoms with van der Waals surface area (Å²) in [7, 11) is 0. The van der Waals surface area contributed by atoms with Gasteiger partial charge in [-0.15, -0.1) is 11.8 Å². The van der Waals surface area contributed by atoms with E-state index >= 15 is 0 Å². The topological polar surface area (TPSA) is 78.4 Å². The van der Waals surface area contributed by atoms with Crippen LogP contribution in [0.3, 0.4) is 0 Å². The average Bonchev–Trinajstić information content (AvgIpc) is 2.37. The largest absolute Gasteiger partial charge is 0.481 e. The number of anilines is 1. The van der Waals surface area contributed by atoms with Crippen molar-refractivity contribution in [3.63, 3.8) is 0 Å². The van der Waals surface area contributed by atoms with E-state index in [0.29, 0.717) is 28.9 Å². The summed E-state index contributed by atoms with van der Waals surface area (Å²) in [6.07, 6.45) is 0.428. The van der Waals surface area contributed by atoms with Crippen LogP contribution in [-0.4, -0.2) is 28.9 Å². The van der Waals surface area contributed by atoms with E-state index in [2.05, 4.69) is 24.5 Å². The molecule has 1 aromatic rings. The van der Waals surface area contributed by atoms with Crippen LogP contribution < -0.4 is 10.6 Å². The normalized spacial score (nSPS) is 10.5. The number of urea groups is 1. The lowest BCUT2D eigenvalue weighted by atomic mass is 10.3. The first-order valence-corrected chi connectivity index (χ1v) is 7.87. The molecule has 7 heteroatoms. The molecule has 0 fully saturated rings. The van der Waals surface area contributed by atoms with Crippen LogP contribution in [0.1, 0.15) is 26.7 Å². The molecule has 1 rings (SSSR count). The Kier molecular flexibility index (Phi) is 7.39. The summed E-state index contributed by atoms with van der Waals surface area (Å²) in [5.41, 5.74) is 0.650. The first-order chi connectivity index (χ1) is 9.88. The van der Waals surface area contributed by atoms with Gasteiger partial charge in [0.05, 0.1) is 5.69 Å². The molecule has 0 radical (unpaired) electrons. The molecule has 0 saturated heterocycles. The predicted molar refractivity (Wildman–Crippen MR) is 86.3 cm³/mol. The first-order valence-electron chi connectivity index (χ1n) is 6.61. The van der Waals surface area contributed by atoms with Crippen LogP contribution in [0.5, 0.6) is 0 Å². The zero-order valence-corrected chi connectivity index (χ0v) is 13.6. The lowest BCUT2D eigenvalue weighted by Gasteiger charge is -2.13. The molecule has 0 aromatic heterocycles. The SMILES string of the molecule is CC(C)Sc1ccc(Cl)cc1NC(=O)NCCCC(=O)O. The summed E-state index contributed by atoms with van der Waals surface area (Å²) in [6, 6.07) is 4.98. The summed E-state index contributed by atoms with van der Waals surface area (Å²) in [5.74, 6) is -0.873. The highest BCUT2D eigenvalue weighted by atomic mass is 35.5. The van der Waals surface area contributed by atoms with Crippen molar-refractivity contribution in [2.24, 2.45) is 0 Å². The number of carboxylic acid groups (broad SMARTS) is 1. The van der Waals surface area contributed by atoms with E-state index in [9.17, 15) is 9.59 Å². The number of hydrogen-bond acceptors (Lipinski definition) is 3. The molecule has 116 valence electrons. The summed E-state index contributed by atoms with van der Waals surface area (Å²) in [5, 5.41) is 14.8. The zero-order valence-electron chi connectivity index (χ0n) is 12.0. The van der Waals surface area contributed by atoms with Gasteiger partial charge in [-0.05, 0) is 24.6 Å². The molecule has 21 heavy (non-hydrogen) atoms. The van der Waals surface area contributed by atoms with E-state index in [1.165, 1.54) is 0 Å². The number of carbonyl (C=O) groups excluding carboxylic acids is 1. The molecule has 0 saturated carbocycles. The van der Waals surface area contributed by atoms with Gasteiger partial charge in [-0.25, -0.2) is 4.79 Å². The maximum Gasteiger partial charge on any atom is 0.319 e. The average molecular weight is 331 g/mol. The number of benzene rings is 1. The van der Waals surface area contributed by atoms with E-state index in [1.54, 1.807) is 23.9 Å². The Bertz CT molecular complexity index is 509. The number of nitrogens with one attached hydrogen (secondary N) is 2. The molecule has 0 heterocycles. The van der Waals surface area contributed by atoms with Crippen LogP contribution in [0.2, 0.25) is 5.02 Å². The van der Waals surface area contributed by atoms with Gasteiger partial charge >= 0.3 is 12.0 Å². The lowest BCUT2D eigenvalue weighted by molar-refractivity contribution is -0.137. The van der Waals surface area contributed by atoms with Crippen molar-refractivity contribution in [2.45, 2.75) is 36.8 Å². The smallest absolute Gasteiger partial charge is 0.319 e. The fourth-order valence-corrected chi connectivity index (χ4v) is 2.63. The van der Waals surface area contributed by atoms with Crippen LogP contribution >= 0.6 is 23.4 Å². The molecule has 0 bridgehead atoms. The summed E-state index contributed by atoms with van der Waals surface area (Å²) < 4.78 is 0. The van der Waals surface area contributed by atoms with Crippen LogP contribution in [0, 0.1) is 0 Å². The molecule has 2 amide bonds. The Hall–Kier alpha value is -1.40. The number of halogens is 1. The number of amides is 2. The van der Waals surface area contributed by atoms with Gasteiger partial charge in [-0.3, -0.25) is 4.79 Å². The van der Waals surface area contributed by atoms with Crippen molar-refractivity contribution in [1.82, 2.24) is 5.32 Å². The predicted octanol–water partition coefficient (Wildman–Crippen LogP) is 3.83. The Morgan fingerprint density at radius 3 is 2.71 bits per heavy atom. The Balaban J connectivity index is 2.58. The third-order valence-electron chi connectivity index (χ3n) is 2.41. The molecule has 0 aliphatic carbocycles. The number of carbonyl (C=O) groups is 2. The molecular formula is C14H19ClN2O3S. The molecule has 0 unspecified atom stereocenters. The first kappa shape index (κ1) is 17.7. The van der Waals surface area contributed by atoms with E-state index in [-0.39, 0.29) is 12.5 Å². The van der Waals surface area contributed by atoms with Crippen LogP contribution in [0.25, 0.3) is 0 Å². The van der Waals surface area contributed by atoms with Crippen LogP contribution in [0.4, 0.5) is 10.5 Å². The third kappa shape index (κ3) is 7.24. The van der Waals surface area contributed by atoms with Gasteiger partial charge < -0.3 is 15.7 Å². The summed E-state index contributed by atoms with van der Waals surface area (Å²) >= 11 is 7.58.